The van der Waals surface area contributed by atoms with Crippen LogP contribution in [0.2, 0.25) is 0 Å². The van der Waals surface area contributed by atoms with Gasteiger partial charge in [0, 0.05) is 41.5 Å². The summed E-state index contributed by atoms with van der Waals surface area (Å²) in [6, 6.07) is 3.78. The maximum atomic E-state index is 14.2. The molecule has 0 bridgehead atoms. The first-order valence-electron chi connectivity index (χ1n) is 14.2. The summed E-state index contributed by atoms with van der Waals surface area (Å²) in [5, 5.41) is 14.9. The topological polar surface area (TPSA) is 147 Å². The molecule has 2 aromatic rings. The molecule has 2 heterocycles. The van der Waals surface area contributed by atoms with Crippen LogP contribution in [0.25, 0.3) is 10.8 Å². The van der Waals surface area contributed by atoms with Crippen molar-refractivity contribution in [1.82, 2.24) is 25.7 Å². The van der Waals surface area contributed by atoms with Crippen molar-refractivity contribution >= 4 is 34.4 Å². The molecule has 1 unspecified atom stereocenters. The van der Waals surface area contributed by atoms with Crippen LogP contribution in [0.15, 0.2) is 30.5 Å². The molecule has 42 heavy (non-hydrogen) atoms. The minimum atomic E-state index is -2.88. The average molecular weight is 585 g/mol. The highest BCUT2D eigenvalue weighted by Gasteiger charge is 2.78. The third-order valence-corrected chi connectivity index (χ3v) is 9.99. The smallest absolute Gasteiger partial charge is 0.249 e. The highest BCUT2D eigenvalue weighted by atomic mass is 19.3. The largest absolute Gasteiger partial charge is 0.368 e. The number of nitrogens with two attached hydrogens (primary N) is 1. The third-order valence-electron chi connectivity index (χ3n) is 9.99. The summed E-state index contributed by atoms with van der Waals surface area (Å²) in [5.41, 5.74) is 4.26. The van der Waals surface area contributed by atoms with Crippen LogP contribution in [0.3, 0.4) is 0 Å². The van der Waals surface area contributed by atoms with Crippen molar-refractivity contribution in [3.05, 3.63) is 36.2 Å². The summed E-state index contributed by atoms with van der Waals surface area (Å²) in [4.78, 5) is 55.3. The molecule has 2 saturated carbocycles. The number of nitrogens with one attached hydrogen (secondary N) is 2. The molecule has 2 aliphatic carbocycles. The van der Waals surface area contributed by atoms with E-state index < -0.39 is 77.3 Å². The van der Waals surface area contributed by atoms with Crippen LogP contribution in [0, 0.1) is 28.1 Å². The number of alkyl halides is 2. The molecule has 226 valence electrons. The van der Waals surface area contributed by atoms with Crippen LogP contribution < -0.4 is 16.4 Å². The van der Waals surface area contributed by atoms with Crippen molar-refractivity contribution < 1.29 is 28.0 Å². The van der Waals surface area contributed by atoms with Crippen LogP contribution in [-0.4, -0.2) is 63.3 Å². The van der Waals surface area contributed by atoms with Crippen molar-refractivity contribution in [2.24, 2.45) is 33.8 Å². The molecule has 0 radical (unpaired) electrons. The number of carbonyl (C=O) groups is 4. The monoisotopic (exact) mass is 584 g/mol. The highest BCUT2D eigenvalue weighted by Crippen LogP contribution is 2.74. The van der Waals surface area contributed by atoms with E-state index in [2.05, 4.69) is 20.8 Å². The summed E-state index contributed by atoms with van der Waals surface area (Å²) in [6.45, 7) is 11.6. The molecular formula is C30H38F2N6O4. The summed E-state index contributed by atoms with van der Waals surface area (Å²) >= 11 is 0. The van der Waals surface area contributed by atoms with Gasteiger partial charge in [0.05, 0.1) is 6.20 Å². The first kappa shape index (κ1) is 29.8. The number of benzene rings is 1. The maximum Gasteiger partial charge on any atom is 0.249 e. The standard InChI is InChI=1S/C30H38F2N6O4/c1-27(2,3)21(36-24(40)16-11-30(31,32)12-16)26(42)38-14-18-28(4,5)29(18,6)22(38)25(41)35-20(23(33)39)19-17-10-8-7-9-15(17)13-34-37-19/h7-10,13,16,18,20-22H,11-12,14H2,1-6H3,(H2,33,39)(H,35,41)(H,36,40)/t18-,20?,21+,22+,29-/m0/s1. The summed E-state index contributed by atoms with van der Waals surface area (Å²) in [5.74, 6) is -6.27. The number of hydrogen-bond acceptors (Lipinski definition) is 6. The van der Waals surface area contributed by atoms with Gasteiger partial charge in [-0.05, 0) is 16.7 Å². The number of carbonyl (C=O) groups excluding carboxylic acids is 4. The Morgan fingerprint density at radius 2 is 1.69 bits per heavy atom. The first-order chi connectivity index (χ1) is 19.4. The van der Waals surface area contributed by atoms with E-state index in [1.807, 2.05) is 26.8 Å². The maximum absolute atomic E-state index is 14.2. The number of aromatic nitrogens is 2. The van der Waals surface area contributed by atoms with Crippen LogP contribution in [0.1, 0.15) is 66.1 Å². The zero-order valence-electron chi connectivity index (χ0n) is 24.7. The number of halogens is 2. The molecule has 1 saturated heterocycles. The zero-order valence-corrected chi connectivity index (χ0v) is 24.7. The molecule has 3 fully saturated rings. The van der Waals surface area contributed by atoms with E-state index in [1.54, 1.807) is 45.2 Å². The first-order valence-corrected chi connectivity index (χ1v) is 14.2. The van der Waals surface area contributed by atoms with Crippen molar-refractivity contribution in [1.29, 1.82) is 0 Å². The molecule has 1 aromatic carbocycles. The lowest BCUT2D eigenvalue weighted by Crippen LogP contribution is -2.61. The van der Waals surface area contributed by atoms with Crippen molar-refractivity contribution in [3.63, 3.8) is 0 Å². The number of hydrogen-bond donors (Lipinski definition) is 3. The number of amides is 4. The molecule has 5 rings (SSSR count). The minimum Gasteiger partial charge on any atom is -0.368 e. The van der Waals surface area contributed by atoms with Gasteiger partial charge in [-0.3, -0.25) is 19.2 Å². The zero-order chi connectivity index (χ0) is 31.0. The van der Waals surface area contributed by atoms with Gasteiger partial charge in [-0.2, -0.15) is 10.2 Å². The lowest BCUT2D eigenvalue weighted by molar-refractivity contribution is -0.155. The number of likely N-dealkylation sites (tertiary alicyclic amines) is 1. The number of rotatable bonds is 7. The molecule has 10 nitrogen and oxygen atoms in total. The number of fused-ring (bicyclic) bond motifs is 2. The van der Waals surface area contributed by atoms with Crippen molar-refractivity contribution in [2.75, 3.05) is 6.54 Å². The molecule has 12 heteroatoms. The number of primary amides is 1. The SMILES string of the molecule is CC(C)(C)[C@H](NC(=O)C1CC(F)(F)C1)C(=O)N1C[C@H]2C(C)(C)[C@]2(C)[C@H]1C(=O)NC(C(N)=O)c1nncc2ccccc12. The Hall–Kier alpha value is -3.70. The van der Waals surface area contributed by atoms with Crippen LogP contribution in [0.4, 0.5) is 8.78 Å². The van der Waals surface area contributed by atoms with E-state index in [1.165, 1.54) is 4.90 Å². The number of piperidine rings is 1. The van der Waals surface area contributed by atoms with E-state index in [9.17, 15) is 28.0 Å². The minimum absolute atomic E-state index is 0.0179. The van der Waals surface area contributed by atoms with Crippen molar-refractivity contribution in [3.8, 4) is 0 Å². The lowest BCUT2D eigenvalue weighted by atomic mass is 9.79. The van der Waals surface area contributed by atoms with E-state index in [-0.39, 0.29) is 23.6 Å². The van der Waals surface area contributed by atoms with Gasteiger partial charge < -0.3 is 21.3 Å². The average Bonchev–Trinajstić information content (AvgIpc) is 3.14. The lowest BCUT2D eigenvalue weighted by Gasteiger charge is -2.41. The van der Waals surface area contributed by atoms with Gasteiger partial charge in [0.15, 0.2) is 6.04 Å². The van der Waals surface area contributed by atoms with Crippen LogP contribution in [-0.2, 0) is 19.2 Å². The van der Waals surface area contributed by atoms with E-state index >= 15 is 0 Å². The summed E-state index contributed by atoms with van der Waals surface area (Å²) in [6.07, 6.45) is 0.428. The second-order valence-corrected chi connectivity index (χ2v) is 13.9. The molecule has 4 amide bonds. The second-order valence-electron chi connectivity index (χ2n) is 13.9. The van der Waals surface area contributed by atoms with Gasteiger partial charge in [0.1, 0.15) is 17.8 Å². The quantitative estimate of drug-likeness (QED) is 0.456. The Kier molecular flexibility index (Phi) is 6.86. The summed E-state index contributed by atoms with van der Waals surface area (Å²) in [7, 11) is 0. The second kappa shape index (κ2) is 9.67. The van der Waals surface area contributed by atoms with Crippen molar-refractivity contribution in [2.45, 2.75) is 78.4 Å². The van der Waals surface area contributed by atoms with Crippen LogP contribution in [0.5, 0.6) is 0 Å². The predicted molar refractivity (Wildman–Crippen MR) is 150 cm³/mol. The Labute approximate surface area is 243 Å². The fourth-order valence-corrected chi connectivity index (χ4v) is 7.04. The highest BCUT2D eigenvalue weighted by molar-refractivity contribution is 5.98. The van der Waals surface area contributed by atoms with E-state index in [0.29, 0.717) is 10.8 Å². The van der Waals surface area contributed by atoms with Gasteiger partial charge in [-0.1, -0.05) is 65.8 Å². The summed E-state index contributed by atoms with van der Waals surface area (Å²) < 4.78 is 26.9. The fraction of sp³-hybridized carbons (Fsp3) is 0.600. The van der Waals surface area contributed by atoms with Gasteiger partial charge in [0.25, 0.3) is 0 Å². The van der Waals surface area contributed by atoms with E-state index in [0.717, 1.165) is 0 Å². The predicted octanol–water partition coefficient (Wildman–Crippen LogP) is 2.72. The van der Waals surface area contributed by atoms with Gasteiger partial charge >= 0.3 is 0 Å². The normalized spacial score (nSPS) is 27.4. The third kappa shape index (κ3) is 4.68. The Balaban J connectivity index is 1.44. The van der Waals surface area contributed by atoms with Gasteiger partial charge in [-0.25, -0.2) is 8.78 Å². The Morgan fingerprint density at radius 1 is 1.05 bits per heavy atom. The molecule has 5 atom stereocenters. The molecule has 3 aliphatic rings. The molecular weight excluding hydrogens is 546 g/mol. The fourth-order valence-electron chi connectivity index (χ4n) is 7.04. The molecule has 0 spiro atoms. The Bertz CT molecular complexity index is 1460. The Morgan fingerprint density at radius 3 is 2.29 bits per heavy atom. The van der Waals surface area contributed by atoms with Gasteiger partial charge in [-0.15, -0.1) is 0 Å². The molecule has 4 N–H and O–H groups in total. The van der Waals surface area contributed by atoms with Gasteiger partial charge in [0.2, 0.25) is 29.6 Å². The van der Waals surface area contributed by atoms with E-state index in [4.69, 9.17) is 5.73 Å². The molecule has 1 aromatic heterocycles. The van der Waals surface area contributed by atoms with Crippen LogP contribution >= 0.6 is 0 Å². The number of nitrogens with zero attached hydrogens (tertiary/aromatic N) is 3. The molecule has 1 aliphatic heterocycles.